The first-order chi connectivity index (χ1) is 9.70. The fourth-order valence-corrected chi connectivity index (χ4v) is 1.83. The van der Waals surface area contributed by atoms with Gasteiger partial charge in [-0.15, -0.1) is 0 Å². The lowest BCUT2D eigenvalue weighted by molar-refractivity contribution is -0.115. The number of hydrogen-bond acceptors (Lipinski definition) is 4. The molecule has 5 heteroatoms. The Morgan fingerprint density at radius 1 is 1.35 bits per heavy atom. The van der Waals surface area contributed by atoms with E-state index in [1.54, 1.807) is 6.07 Å². The molecule has 0 aliphatic carbocycles. The summed E-state index contributed by atoms with van der Waals surface area (Å²) >= 11 is 0. The molecule has 0 fully saturated rings. The number of carbonyl (C=O) groups excluding carboxylic acids is 1. The van der Waals surface area contributed by atoms with Crippen molar-refractivity contribution in [2.75, 3.05) is 12.4 Å². The Morgan fingerprint density at radius 3 is 2.80 bits per heavy atom. The minimum Gasteiger partial charge on any atom is -0.364 e. The van der Waals surface area contributed by atoms with E-state index in [-0.39, 0.29) is 12.3 Å². The molecular formula is C15H16N2O3. The number of pyridine rings is 1. The van der Waals surface area contributed by atoms with E-state index in [1.807, 2.05) is 30.3 Å². The van der Waals surface area contributed by atoms with E-state index in [0.29, 0.717) is 11.3 Å². The highest BCUT2D eigenvalue weighted by molar-refractivity contribution is 5.92. The number of rotatable bonds is 5. The Balaban J connectivity index is 2.08. The predicted molar refractivity (Wildman–Crippen MR) is 75.0 cm³/mol. The fourth-order valence-electron chi connectivity index (χ4n) is 1.83. The van der Waals surface area contributed by atoms with Crippen LogP contribution in [0.1, 0.15) is 17.4 Å². The van der Waals surface area contributed by atoms with Crippen LogP contribution in [0.15, 0.2) is 48.8 Å². The highest BCUT2D eigenvalue weighted by atomic mass is 16.6. The van der Waals surface area contributed by atoms with Gasteiger partial charge in [0.2, 0.25) is 5.91 Å². The normalized spacial score (nSPS) is 11.9. The molecule has 0 aliphatic rings. The second-order valence-electron chi connectivity index (χ2n) is 4.26. The van der Waals surface area contributed by atoms with E-state index >= 15 is 0 Å². The second kappa shape index (κ2) is 6.79. The lowest BCUT2D eigenvalue weighted by atomic mass is 10.1. The number of aliphatic hydroxyl groups is 1. The van der Waals surface area contributed by atoms with Crippen molar-refractivity contribution in [1.82, 2.24) is 4.98 Å². The molecule has 1 heterocycles. The SMILES string of the molecule is COC(O)c1ccncc1NC(=O)Cc1ccccc1. The molecule has 1 atom stereocenters. The zero-order valence-electron chi connectivity index (χ0n) is 11.1. The highest BCUT2D eigenvalue weighted by Gasteiger charge is 2.13. The summed E-state index contributed by atoms with van der Waals surface area (Å²) in [5.41, 5.74) is 1.84. The number of carbonyl (C=O) groups is 1. The van der Waals surface area contributed by atoms with Crippen LogP contribution in [0.4, 0.5) is 5.69 Å². The Hall–Kier alpha value is -2.24. The summed E-state index contributed by atoms with van der Waals surface area (Å²) < 4.78 is 4.85. The quantitative estimate of drug-likeness (QED) is 0.815. The molecule has 0 radical (unpaired) electrons. The van der Waals surface area contributed by atoms with Crippen molar-refractivity contribution in [2.24, 2.45) is 0 Å². The Bertz CT molecular complexity index is 572. The average Bonchev–Trinajstić information content (AvgIpc) is 2.48. The second-order valence-corrected chi connectivity index (χ2v) is 4.26. The van der Waals surface area contributed by atoms with Crippen molar-refractivity contribution in [3.63, 3.8) is 0 Å². The Morgan fingerprint density at radius 2 is 2.10 bits per heavy atom. The van der Waals surface area contributed by atoms with E-state index in [9.17, 15) is 9.90 Å². The van der Waals surface area contributed by atoms with Crippen LogP contribution in [0, 0.1) is 0 Å². The van der Waals surface area contributed by atoms with Crippen molar-refractivity contribution >= 4 is 11.6 Å². The molecule has 1 aromatic heterocycles. The van der Waals surface area contributed by atoms with Crippen LogP contribution < -0.4 is 5.32 Å². The summed E-state index contributed by atoms with van der Waals surface area (Å²) in [6.07, 6.45) is 2.19. The maximum Gasteiger partial charge on any atom is 0.228 e. The van der Waals surface area contributed by atoms with Crippen LogP contribution in [0.2, 0.25) is 0 Å². The van der Waals surface area contributed by atoms with Gasteiger partial charge in [-0.2, -0.15) is 0 Å². The standard InChI is InChI=1S/C15H16N2O3/c1-20-15(19)12-7-8-16-10-13(12)17-14(18)9-11-5-3-2-4-6-11/h2-8,10,15,19H,9H2,1H3,(H,17,18). The molecule has 0 saturated heterocycles. The molecular weight excluding hydrogens is 256 g/mol. The first kappa shape index (κ1) is 14.2. The van der Waals surface area contributed by atoms with Crippen LogP contribution in [0.5, 0.6) is 0 Å². The molecule has 104 valence electrons. The number of nitrogens with one attached hydrogen (secondary N) is 1. The summed E-state index contributed by atoms with van der Waals surface area (Å²) in [7, 11) is 1.39. The van der Waals surface area contributed by atoms with Gasteiger partial charge in [0, 0.05) is 18.9 Å². The fraction of sp³-hybridized carbons (Fsp3) is 0.200. The molecule has 2 rings (SSSR count). The molecule has 5 nitrogen and oxygen atoms in total. The first-order valence-electron chi connectivity index (χ1n) is 6.19. The van der Waals surface area contributed by atoms with Gasteiger partial charge in [-0.3, -0.25) is 9.78 Å². The van der Waals surface area contributed by atoms with Crippen LogP contribution in [0.25, 0.3) is 0 Å². The molecule has 0 saturated carbocycles. The molecule has 0 bridgehead atoms. The van der Waals surface area contributed by atoms with Crippen molar-refractivity contribution in [3.8, 4) is 0 Å². The Kier molecular flexibility index (Phi) is 4.81. The topological polar surface area (TPSA) is 71.5 Å². The lowest BCUT2D eigenvalue weighted by Crippen LogP contribution is -2.17. The van der Waals surface area contributed by atoms with E-state index in [0.717, 1.165) is 5.56 Å². The van der Waals surface area contributed by atoms with Gasteiger partial charge in [-0.05, 0) is 11.6 Å². The number of amides is 1. The van der Waals surface area contributed by atoms with Gasteiger partial charge >= 0.3 is 0 Å². The third-order valence-electron chi connectivity index (χ3n) is 2.83. The van der Waals surface area contributed by atoms with Crippen molar-refractivity contribution in [3.05, 3.63) is 59.9 Å². The van der Waals surface area contributed by atoms with Gasteiger partial charge in [0.05, 0.1) is 18.3 Å². The zero-order chi connectivity index (χ0) is 14.4. The van der Waals surface area contributed by atoms with Crippen LogP contribution in [0.3, 0.4) is 0 Å². The molecule has 2 aromatic rings. The number of methoxy groups -OCH3 is 1. The van der Waals surface area contributed by atoms with Gasteiger partial charge in [0.25, 0.3) is 0 Å². The third kappa shape index (κ3) is 3.63. The summed E-state index contributed by atoms with van der Waals surface area (Å²) in [5, 5.41) is 12.4. The highest BCUT2D eigenvalue weighted by Crippen LogP contribution is 2.22. The zero-order valence-corrected chi connectivity index (χ0v) is 11.1. The van der Waals surface area contributed by atoms with Gasteiger partial charge in [0.15, 0.2) is 6.29 Å². The van der Waals surface area contributed by atoms with Gasteiger partial charge in [-0.1, -0.05) is 30.3 Å². The van der Waals surface area contributed by atoms with E-state index in [4.69, 9.17) is 4.74 Å². The van der Waals surface area contributed by atoms with Crippen LogP contribution >= 0.6 is 0 Å². The number of aliphatic hydroxyl groups excluding tert-OH is 1. The molecule has 20 heavy (non-hydrogen) atoms. The van der Waals surface area contributed by atoms with Crippen molar-refractivity contribution in [1.29, 1.82) is 0 Å². The lowest BCUT2D eigenvalue weighted by Gasteiger charge is -2.14. The maximum atomic E-state index is 12.0. The third-order valence-corrected chi connectivity index (χ3v) is 2.83. The van der Waals surface area contributed by atoms with E-state index < -0.39 is 6.29 Å². The number of hydrogen-bond donors (Lipinski definition) is 2. The van der Waals surface area contributed by atoms with Gasteiger partial charge in [0.1, 0.15) is 0 Å². The maximum absolute atomic E-state index is 12.0. The number of nitrogens with zero attached hydrogens (tertiary/aromatic N) is 1. The number of aromatic nitrogens is 1. The Labute approximate surface area is 117 Å². The minimum absolute atomic E-state index is 0.172. The van der Waals surface area contributed by atoms with Gasteiger partial charge in [-0.25, -0.2) is 0 Å². The summed E-state index contributed by atoms with van der Waals surface area (Å²) in [5.74, 6) is -0.172. The smallest absolute Gasteiger partial charge is 0.228 e. The number of anilines is 1. The van der Waals surface area contributed by atoms with Crippen LogP contribution in [-0.4, -0.2) is 23.1 Å². The van der Waals surface area contributed by atoms with E-state index in [1.165, 1.54) is 19.5 Å². The van der Waals surface area contributed by atoms with Crippen molar-refractivity contribution in [2.45, 2.75) is 12.7 Å². The molecule has 1 amide bonds. The number of ether oxygens (including phenoxy) is 1. The molecule has 0 spiro atoms. The van der Waals surface area contributed by atoms with E-state index in [2.05, 4.69) is 10.3 Å². The van der Waals surface area contributed by atoms with Crippen molar-refractivity contribution < 1.29 is 14.6 Å². The van der Waals surface area contributed by atoms with Gasteiger partial charge < -0.3 is 15.2 Å². The summed E-state index contributed by atoms with van der Waals surface area (Å²) in [4.78, 5) is 15.9. The molecule has 1 aromatic carbocycles. The average molecular weight is 272 g/mol. The molecule has 1 unspecified atom stereocenters. The van der Waals surface area contributed by atoms with Crippen LogP contribution in [-0.2, 0) is 16.0 Å². The summed E-state index contributed by atoms with van der Waals surface area (Å²) in [6, 6.07) is 11.0. The minimum atomic E-state index is -1.09. The first-order valence-corrected chi connectivity index (χ1v) is 6.19. The predicted octanol–water partition coefficient (Wildman–Crippen LogP) is 1.90. The monoisotopic (exact) mass is 272 g/mol. The largest absolute Gasteiger partial charge is 0.364 e. The summed E-state index contributed by atoms with van der Waals surface area (Å²) in [6.45, 7) is 0. The number of benzene rings is 1. The molecule has 2 N–H and O–H groups in total. The molecule has 0 aliphatic heterocycles.